The highest BCUT2D eigenvalue weighted by Gasteiger charge is 2.36. The van der Waals surface area contributed by atoms with Gasteiger partial charge in [-0.3, -0.25) is 9.59 Å². The molecule has 2 aliphatic rings. The van der Waals surface area contributed by atoms with Crippen LogP contribution in [-0.2, 0) is 14.3 Å². The topological polar surface area (TPSA) is 75.6 Å². The fourth-order valence-electron chi connectivity index (χ4n) is 2.32. The normalized spacial score (nSPS) is 29.9. The zero-order valence-electron chi connectivity index (χ0n) is 10.0. The van der Waals surface area contributed by atoms with E-state index in [1.807, 2.05) is 6.92 Å². The quantitative estimate of drug-likeness (QED) is 0.746. The highest BCUT2D eigenvalue weighted by molar-refractivity contribution is 5.80. The number of carbonyl (C=O) groups is 2. The second kappa shape index (κ2) is 5.04. The Kier molecular flexibility index (Phi) is 3.66. The predicted octanol–water partition coefficient (Wildman–Crippen LogP) is 0.781. The molecule has 2 N–H and O–H groups in total. The lowest BCUT2D eigenvalue weighted by Gasteiger charge is -2.18. The molecular weight excluding hydrogens is 222 g/mol. The Hall–Kier alpha value is -1.10. The number of carboxylic acids is 1. The Morgan fingerprint density at radius 3 is 2.65 bits per heavy atom. The van der Waals surface area contributed by atoms with Gasteiger partial charge in [-0.1, -0.05) is 0 Å². The number of ether oxygens (including phenoxy) is 1. The van der Waals surface area contributed by atoms with Crippen molar-refractivity contribution in [2.45, 2.75) is 44.8 Å². The highest BCUT2D eigenvalue weighted by atomic mass is 16.5. The van der Waals surface area contributed by atoms with E-state index in [0.717, 1.165) is 19.3 Å². The molecule has 1 aliphatic carbocycles. The van der Waals surface area contributed by atoms with Crippen LogP contribution in [0.5, 0.6) is 0 Å². The summed E-state index contributed by atoms with van der Waals surface area (Å²) in [7, 11) is 0. The van der Waals surface area contributed by atoms with Crippen LogP contribution >= 0.6 is 0 Å². The third-order valence-corrected chi connectivity index (χ3v) is 3.48. The number of rotatable bonds is 5. The van der Waals surface area contributed by atoms with Crippen molar-refractivity contribution in [3.8, 4) is 0 Å². The molecule has 0 aromatic carbocycles. The van der Waals surface area contributed by atoms with Crippen LogP contribution in [0.15, 0.2) is 0 Å². The van der Waals surface area contributed by atoms with Crippen molar-refractivity contribution in [2.24, 2.45) is 11.8 Å². The van der Waals surface area contributed by atoms with E-state index in [4.69, 9.17) is 9.84 Å². The minimum absolute atomic E-state index is 0.0273. The minimum Gasteiger partial charge on any atom is -0.481 e. The molecule has 3 unspecified atom stereocenters. The van der Waals surface area contributed by atoms with Crippen LogP contribution in [0, 0.1) is 11.8 Å². The molecule has 5 nitrogen and oxygen atoms in total. The second-order valence-electron chi connectivity index (χ2n) is 5.13. The molecule has 1 saturated heterocycles. The lowest BCUT2D eigenvalue weighted by molar-refractivity contribution is -0.138. The summed E-state index contributed by atoms with van der Waals surface area (Å²) in [5.41, 5.74) is 0. The van der Waals surface area contributed by atoms with Crippen molar-refractivity contribution in [1.82, 2.24) is 5.32 Å². The van der Waals surface area contributed by atoms with Crippen LogP contribution in [0.2, 0.25) is 0 Å². The number of hydrogen-bond donors (Lipinski definition) is 2. The zero-order valence-corrected chi connectivity index (χ0v) is 10.0. The van der Waals surface area contributed by atoms with Crippen LogP contribution in [0.25, 0.3) is 0 Å². The first kappa shape index (κ1) is 12.4. The fraction of sp³-hybridized carbons (Fsp3) is 0.833. The smallest absolute Gasteiger partial charge is 0.305 e. The third kappa shape index (κ3) is 3.43. The van der Waals surface area contributed by atoms with Gasteiger partial charge in [-0.2, -0.15) is 0 Å². The van der Waals surface area contributed by atoms with E-state index < -0.39 is 5.97 Å². The van der Waals surface area contributed by atoms with Gasteiger partial charge in [-0.15, -0.1) is 0 Å². The van der Waals surface area contributed by atoms with E-state index in [9.17, 15) is 9.59 Å². The molecule has 5 heteroatoms. The summed E-state index contributed by atoms with van der Waals surface area (Å²) < 4.78 is 5.35. The van der Waals surface area contributed by atoms with Gasteiger partial charge in [0.05, 0.1) is 25.0 Å². The highest BCUT2D eigenvalue weighted by Crippen LogP contribution is 2.34. The van der Waals surface area contributed by atoms with Gasteiger partial charge in [-0.25, -0.2) is 0 Å². The van der Waals surface area contributed by atoms with Gasteiger partial charge in [0.25, 0.3) is 0 Å². The van der Waals surface area contributed by atoms with Crippen LogP contribution < -0.4 is 5.32 Å². The maximum absolute atomic E-state index is 11.9. The number of carboxylic acid groups (broad SMARTS) is 1. The second-order valence-corrected chi connectivity index (χ2v) is 5.13. The molecule has 0 radical (unpaired) electrons. The van der Waals surface area contributed by atoms with Crippen LogP contribution in [0.4, 0.5) is 0 Å². The van der Waals surface area contributed by atoms with Crippen LogP contribution in [-0.4, -0.2) is 35.7 Å². The Balaban J connectivity index is 1.84. The number of nitrogens with one attached hydrogen (secondary N) is 1. The average Bonchev–Trinajstić information content (AvgIpc) is 2.99. The summed E-state index contributed by atoms with van der Waals surface area (Å²) in [6.45, 7) is 2.40. The summed E-state index contributed by atoms with van der Waals surface area (Å²) >= 11 is 0. The molecule has 3 atom stereocenters. The van der Waals surface area contributed by atoms with Gasteiger partial charge in [0.2, 0.25) is 5.91 Å². The first-order valence-corrected chi connectivity index (χ1v) is 6.20. The Bertz CT molecular complexity index is 314. The van der Waals surface area contributed by atoms with E-state index in [-0.39, 0.29) is 30.4 Å². The van der Waals surface area contributed by atoms with Gasteiger partial charge in [0, 0.05) is 6.04 Å². The minimum atomic E-state index is -0.849. The summed E-state index contributed by atoms with van der Waals surface area (Å²) in [6.07, 6.45) is 2.94. The first-order valence-electron chi connectivity index (χ1n) is 6.20. The molecule has 1 saturated carbocycles. The molecule has 0 spiro atoms. The van der Waals surface area contributed by atoms with Crippen LogP contribution in [0.1, 0.15) is 32.6 Å². The number of aliphatic carboxylic acids is 1. The molecule has 96 valence electrons. The van der Waals surface area contributed by atoms with Crippen molar-refractivity contribution in [1.29, 1.82) is 0 Å². The van der Waals surface area contributed by atoms with Crippen LogP contribution in [0.3, 0.4) is 0 Å². The Labute approximate surface area is 101 Å². The number of carbonyl (C=O) groups excluding carboxylic acids is 1. The molecule has 0 aromatic rings. The number of amides is 1. The summed E-state index contributed by atoms with van der Waals surface area (Å²) in [6, 6.07) is -0.198. The standard InChI is InChI=1S/C12H19NO4/c1-7-4-9(6-17-7)12(16)13-10(5-11(14)15)8-2-3-8/h7-10H,2-6H2,1H3,(H,13,16)(H,14,15). The van der Waals surface area contributed by atoms with E-state index >= 15 is 0 Å². The van der Waals surface area contributed by atoms with Gasteiger partial charge < -0.3 is 15.2 Å². The molecule has 17 heavy (non-hydrogen) atoms. The van der Waals surface area contributed by atoms with Crippen molar-refractivity contribution >= 4 is 11.9 Å². The first-order chi connectivity index (χ1) is 8.06. The maximum Gasteiger partial charge on any atom is 0.305 e. The molecule has 1 aliphatic heterocycles. The summed E-state index contributed by atoms with van der Waals surface area (Å²) in [5.74, 6) is -0.652. The maximum atomic E-state index is 11.9. The lowest BCUT2D eigenvalue weighted by Crippen LogP contribution is -2.41. The Morgan fingerprint density at radius 1 is 1.47 bits per heavy atom. The molecule has 2 fully saturated rings. The molecule has 2 rings (SSSR count). The number of hydrogen-bond acceptors (Lipinski definition) is 3. The van der Waals surface area contributed by atoms with E-state index in [2.05, 4.69) is 5.32 Å². The predicted molar refractivity (Wildman–Crippen MR) is 60.4 cm³/mol. The van der Waals surface area contributed by atoms with E-state index in [1.54, 1.807) is 0 Å². The zero-order chi connectivity index (χ0) is 12.4. The molecule has 0 bridgehead atoms. The molecule has 1 amide bonds. The lowest BCUT2D eigenvalue weighted by atomic mass is 10.0. The van der Waals surface area contributed by atoms with Gasteiger partial charge in [-0.05, 0) is 32.1 Å². The third-order valence-electron chi connectivity index (χ3n) is 3.48. The molecular formula is C12H19NO4. The van der Waals surface area contributed by atoms with Crippen molar-refractivity contribution in [3.63, 3.8) is 0 Å². The van der Waals surface area contributed by atoms with Gasteiger partial charge >= 0.3 is 5.97 Å². The van der Waals surface area contributed by atoms with Crippen molar-refractivity contribution < 1.29 is 19.4 Å². The van der Waals surface area contributed by atoms with Gasteiger partial charge in [0.1, 0.15) is 0 Å². The van der Waals surface area contributed by atoms with E-state index in [0.29, 0.717) is 12.5 Å². The fourth-order valence-corrected chi connectivity index (χ4v) is 2.32. The molecule has 1 heterocycles. The monoisotopic (exact) mass is 241 g/mol. The molecule has 0 aromatic heterocycles. The van der Waals surface area contributed by atoms with Crippen molar-refractivity contribution in [3.05, 3.63) is 0 Å². The van der Waals surface area contributed by atoms with E-state index in [1.165, 1.54) is 0 Å². The van der Waals surface area contributed by atoms with Crippen molar-refractivity contribution in [2.75, 3.05) is 6.61 Å². The SMILES string of the molecule is CC1CC(C(=O)NC(CC(=O)O)C2CC2)CO1. The summed E-state index contributed by atoms with van der Waals surface area (Å²) in [4.78, 5) is 22.7. The average molecular weight is 241 g/mol. The summed E-state index contributed by atoms with van der Waals surface area (Å²) in [5, 5.41) is 11.7. The van der Waals surface area contributed by atoms with Gasteiger partial charge in [0.15, 0.2) is 0 Å². The largest absolute Gasteiger partial charge is 0.481 e. The Morgan fingerprint density at radius 2 is 2.18 bits per heavy atom.